The third kappa shape index (κ3) is 4.89. The van der Waals surface area contributed by atoms with Crippen molar-refractivity contribution in [3.8, 4) is 10.4 Å². The van der Waals surface area contributed by atoms with E-state index in [0.717, 1.165) is 10.4 Å². The van der Waals surface area contributed by atoms with Crippen molar-refractivity contribution in [2.75, 3.05) is 13.1 Å². The molecule has 23 heavy (non-hydrogen) atoms. The third-order valence-electron chi connectivity index (χ3n) is 3.19. The number of carbonyl (C=O) groups excluding carboxylic acids is 2. The molecule has 0 aliphatic carbocycles. The number of hydrogen-bond acceptors (Lipinski definition) is 3. The van der Waals surface area contributed by atoms with Gasteiger partial charge in [0.15, 0.2) is 0 Å². The van der Waals surface area contributed by atoms with E-state index < -0.39 is 0 Å². The van der Waals surface area contributed by atoms with E-state index in [9.17, 15) is 14.0 Å². The zero-order chi connectivity index (χ0) is 16.8. The van der Waals surface area contributed by atoms with Gasteiger partial charge in [-0.05, 0) is 29.8 Å². The summed E-state index contributed by atoms with van der Waals surface area (Å²) in [6.45, 7) is 4.41. The van der Waals surface area contributed by atoms with Crippen molar-refractivity contribution in [3.63, 3.8) is 0 Å². The molecule has 1 heterocycles. The van der Waals surface area contributed by atoms with Crippen LogP contribution in [0, 0.1) is 11.7 Å². The van der Waals surface area contributed by atoms with Crippen molar-refractivity contribution >= 4 is 23.2 Å². The molecule has 122 valence electrons. The van der Waals surface area contributed by atoms with Crippen molar-refractivity contribution in [1.82, 2.24) is 10.6 Å². The first-order chi connectivity index (χ1) is 11.0. The average Bonchev–Trinajstić information content (AvgIpc) is 3.01. The summed E-state index contributed by atoms with van der Waals surface area (Å²) >= 11 is 1.35. The molecule has 0 atom stereocenters. The van der Waals surface area contributed by atoms with E-state index in [1.807, 2.05) is 19.9 Å². The molecule has 2 N–H and O–H groups in total. The van der Waals surface area contributed by atoms with Gasteiger partial charge in [0.25, 0.3) is 5.91 Å². The second-order valence-electron chi connectivity index (χ2n) is 5.37. The fraction of sp³-hybridized carbons (Fsp3) is 0.294. The summed E-state index contributed by atoms with van der Waals surface area (Å²) in [7, 11) is 0. The van der Waals surface area contributed by atoms with Gasteiger partial charge in [-0.25, -0.2) is 4.39 Å². The van der Waals surface area contributed by atoms with E-state index in [0.29, 0.717) is 18.0 Å². The Bertz CT molecular complexity index is 680. The van der Waals surface area contributed by atoms with E-state index >= 15 is 0 Å². The number of rotatable bonds is 6. The summed E-state index contributed by atoms with van der Waals surface area (Å²) in [6, 6.07) is 9.74. The molecule has 1 aromatic heterocycles. The zero-order valence-corrected chi connectivity index (χ0v) is 13.9. The van der Waals surface area contributed by atoms with E-state index in [1.54, 1.807) is 18.2 Å². The van der Waals surface area contributed by atoms with Crippen molar-refractivity contribution in [2.45, 2.75) is 13.8 Å². The largest absolute Gasteiger partial charge is 0.354 e. The minimum Gasteiger partial charge on any atom is -0.354 e. The smallest absolute Gasteiger partial charge is 0.261 e. The maximum atomic E-state index is 12.9. The van der Waals surface area contributed by atoms with Crippen LogP contribution in [0.15, 0.2) is 36.4 Å². The molecule has 6 heteroatoms. The van der Waals surface area contributed by atoms with Gasteiger partial charge in [0, 0.05) is 23.9 Å². The molecular formula is C17H19FN2O2S. The fourth-order valence-electron chi connectivity index (χ4n) is 1.88. The lowest BCUT2D eigenvalue weighted by atomic mass is 10.2. The maximum absolute atomic E-state index is 12.9. The van der Waals surface area contributed by atoms with Crippen LogP contribution in [0.4, 0.5) is 4.39 Å². The van der Waals surface area contributed by atoms with Gasteiger partial charge in [0.1, 0.15) is 5.82 Å². The minimum absolute atomic E-state index is 0.0334. The van der Waals surface area contributed by atoms with Crippen molar-refractivity contribution in [2.24, 2.45) is 5.92 Å². The van der Waals surface area contributed by atoms with Gasteiger partial charge in [-0.1, -0.05) is 26.0 Å². The van der Waals surface area contributed by atoms with E-state index in [4.69, 9.17) is 0 Å². The summed E-state index contributed by atoms with van der Waals surface area (Å²) < 4.78 is 12.9. The van der Waals surface area contributed by atoms with Crippen molar-refractivity contribution in [1.29, 1.82) is 0 Å². The molecule has 0 spiro atoms. The molecule has 0 radical (unpaired) electrons. The molecule has 0 aliphatic rings. The van der Waals surface area contributed by atoms with Gasteiger partial charge in [-0.2, -0.15) is 0 Å². The number of carbonyl (C=O) groups is 2. The SMILES string of the molecule is CC(C)C(=O)NCCNC(=O)c1ccc(-c2ccc(F)cc2)s1. The van der Waals surface area contributed by atoms with E-state index in [1.165, 1.54) is 23.5 Å². The first-order valence-electron chi connectivity index (χ1n) is 7.39. The van der Waals surface area contributed by atoms with Crippen LogP contribution in [0.5, 0.6) is 0 Å². The molecule has 2 aromatic rings. The summed E-state index contributed by atoms with van der Waals surface area (Å²) in [5.41, 5.74) is 0.875. The standard InChI is InChI=1S/C17H19FN2O2S/c1-11(2)16(21)19-9-10-20-17(22)15-8-7-14(23-15)12-3-5-13(18)6-4-12/h3-8,11H,9-10H2,1-2H3,(H,19,21)(H,20,22). The van der Waals surface area contributed by atoms with Crippen molar-refractivity contribution in [3.05, 3.63) is 47.1 Å². The van der Waals surface area contributed by atoms with Crippen molar-refractivity contribution < 1.29 is 14.0 Å². The molecule has 2 rings (SSSR count). The number of amides is 2. The second-order valence-corrected chi connectivity index (χ2v) is 6.46. The van der Waals surface area contributed by atoms with Crippen LogP contribution < -0.4 is 10.6 Å². The predicted octanol–water partition coefficient (Wildman–Crippen LogP) is 3.06. The number of hydrogen-bond donors (Lipinski definition) is 2. The Morgan fingerprint density at radius 1 is 1.04 bits per heavy atom. The molecule has 0 unspecified atom stereocenters. The zero-order valence-electron chi connectivity index (χ0n) is 13.1. The molecule has 1 aromatic carbocycles. The Morgan fingerprint density at radius 3 is 2.35 bits per heavy atom. The van der Waals surface area contributed by atoms with E-state index in [2.05, 4.69) is 10.6 Å². The van der Waals surface area contributed by atoms with Gasteiger partial charge in [0.2, 0.25) is 5.91 Å². The first kappa shape index (κ1) is 17.1. The lowest BCUT2D eigenvalue weighted by Crippen LogP contribution is -2.36. The first-order valence-corrected chi connectivity index (χ1v) is 8.20. The molecule has 0 aliphatic heterocycles. The van der Waals surface area contributed by atoms with Gasteiger partial charge in [0.05, 0.1) is 4.88 Å². The molecule has 0 fully saturated rings. The Labute approximate surface area is 138 Å². The Balaban J connectivity index is 1.86. The van der Waals surface area contributed by atoms with Crippen LogP contribution >= 0.6 is 11.3 Å². The number of halogens is 1. The molecule has 2 amide bonds. The highest BCUT2D eigenvalue weighted by atomic mass is 32.1. The Morgan fingerprint density at radius 2 is 1.70 bits per heavy atom. The highest BCUT2D eigenvalue weighted by Gasteiger charge is 2.10. The van der Waals surface area contributed by atoms with Crippen LogP contribution in [0.25, 0.3) is 10.4 Å². The lowest BCUT2D eigenvalue weighted by Gasteiger charge is -2.08. The van der Waals surface area contributed by atoms with Gasteiger partial charge in [-0.3, -0.25) is 9.59 Å². The molecule has 0 saturated heterocycles. The highest BCUT2D eigenvalue weighted by Crippen LogP contribution is 2.28. The molecule has 4 nitrogen and oxygen atoms in total. The van der Waals surface area contributed by atoms with Gasteiger partial charge < -0.3 is 10.6 Å². The maximum Gasteiger partial charge on any atom is 0.261 e. The van der Waals surface area contributed by atoms with Crippen LogP contribution in [0.3, 0.4) is 0 Å². The van der Waals surface area contributed by atoms with E-state index in [-0.39, 0.29) is 23.5 Å². The van der Waals surface area contributed by atoms with Crippen LogP contribution in [-0.4, -0.2) is 24.9 Å². The number of nitrogens with one attached hydrogen (secondary N) is 2. The summed E-state index contributed by atoms with van der Waals surface area (Å²) in [6.07, 6.45) is 0. The average molecular weight is 334 g/mol. The molecule has 0 bridgehead atoms. The quantitative estimate of drug-likeness (QED) is 0.798. The van der Waals surface area contributed by atoms with Gasteiger partial charge >= 0.3 is 0 Å². The van der Waals surface area contributed by atoms with Crippen LogP contribution in [0.1, 0.15) is 23.5 Å². The van der Waals surface area contributed by atoms with Crippen LogP contribution in [0.2, 0.25) is 0 Å². The normalized spacial score (nSPS) is 10.6. The summed E-state index contributed by atoms with van der Waals surface area (Å²) in [4.78, 5) is 24.9. The molecular weight excluding hydrogens is 315 g/mol. The predicted molar refractivity (Wildman–Crippen MR) is 89.9 cm³/mol. The van der Waals surface area contributed by atoms with Gasteiger partial charge in [-0.15, -0.1) is 11.3 Å². The fourth-order valence-corrected chi connectivity index (χ4v) is 2.81. The second kappa shape index (κ2) is 7.87. The minimum atomic E-state index is -0.285. The monoisotopic (exact) mass is 334 g/mol. The summed E-state index contributed by atoms with van der Waals surface area (Å²) in [5.74, 6) is -0.566. The lowest BCUT2D eigenvalue weighted by molar-refractivity contribution is -0.123. The number of thiophene rings is 1. The highest BCUT2D eigenvalue weighted by molar-refractivity contribution is 7.17. The number of benzene rings is 1. The molecule has 0 saturated carbocycles. The van der Waals surface area contributed by atoms with Crippen LogP contribution in [-0.2, 0) is 4.79 Å². The third-order valence-corrected chi connectivity index (χ3v) is 4.33. The Kier molecular flexibility index (Phi) is 5.87. The Hall–Kier alpha value is -2.21. The summed E-state index contributed by atoms with van der Waals surface area (Å²) in [5, 5.41) is 5.50. The topological polar surface area (TPSA) is 58.2 Å².